The first-order valence-corrected chi connectivity index (χ1v) is 11.4. The molecule has 4 aromatic rings. The first kappa shape index (κ1) is 19.7. The number of nitrogens with zero attached hydrogens (tertiary/aromatic N) is 2. The maximum Gasteiger partial charge on any atom is 0.264 e. The monoisotopic (exact) mass is 429 g/mol. The number of H-pyrrole nitrogens is 1. The Hall–Kier alpha value is -3.25. The van der Waals surface area contributed by atoms with Crippen LogP contribution in [0.4, 0.5) is 0 Å². The number of para-hydroxylation sites is 1. The molecule has 0 fully saturated rings. The third-order valence-corrected chi connectivity index (χ3v) is 6.94. The van der Waals surface area contributed by atoms with E-state index in [4.69, 9.17) is 0 Å². The average molecular weight is 430 g/mol. The van der Waals surface area contributed by atoms with Crippen LogP contribution in [0.5, 0.6) is 0 Å². The first-order valence-electron chi connectivity index (χ1n) is 10.6. The van der Waals surface area contributed by atoms with Crippen molar-refractivity contribution in [3.8, 4) is 0 Å². The van der Waals surface area contributed by atoms with Crippen LogP contribution in [0.25, 0.3) is 10.9 Å². The number of thiophene rings is 1. The second-order valence-electron chi connectivity index (χ2n) is 7.94. The number of hydrogen-bond donors (Lipinski definition) is 1. The Bertz CT molecular complexity index is 1270. The molecule has 1 aliphatic rings. The molecule has 2 aromatic heterocycles. The Morgan fingerprint density at radius 2 is 1.77 bits per heavy atom. The largest absolute Gasteiger partial charge is 0.326 e. The normalized spacial score (nSPS) is 13.2. The van der Waals surface area contributed by atoms with E-state index < -0.39 is 0 Å². The first-order chi connectivity index (χ1) is 15.2. The maximum atomic E-state index is 13.5. The Morgan fingerprint density at radius 1 is 1.00 bits per heavy atom. The number of nitrogens with one attached hydrogen (secondary N) is 1. The SMILES string of the molecule is O=C(c1cc2c(s1)CCCC2)N(Cc1ccccc1)Cc1nc2ccccc2c(=O)[nH]1. The van der Waals surface area contributed by atoms with E-state index in [1.807, 2.05) is 48.5 Å². The van der Waals surface area contributed by atoms with Crippen molar-refractivity contribution >= 4 is 28.1 Å². The van der Waals surface area contributed by atoms with Gasteiger partial charge in [-0.15, -0.1) is 11.3 Å². The Kier molecular flexibility index (Phi) is 5.38. The summed E-state index contributed by atoms with van der Waals surface area (Å²) in [5.41, 5.74) is 2.82. The van der Waals surface area contributed by atoms with Crippen molar-refractivity contribution in [1.29, 1.82) is 0 Å². The molecule has 0 saturated heterocycles. The molecule has 0 atom stereocenters. The van der Waals surface area contributed by atoms with Crippen LogP contribution in [-0.2, 0) is 25.9 Å². The lowest BCUT2D eigenvalue weighted by molar-refractivity contribution is 0.0730. The molecule has 0 radical (unpaired) electrons. The molecular formula is C25H23N3O2S. The fourth-order valence-corrected chi connectivity index (χ4v) is 5.37. The van der Waals surface area contributed by atoms with Crippen molar-refractivity contribution in [2.45, 2.75) is 38.8 Å². The predicted molar refractivity (Wildman–Crippen MR) is 123 cm³/mol. The Morgan fingerprint density at radius 3 is 2.61 bits per heavy atom. The number of benzene rings is 2. The lowest BCUT2D eigenvalue weighted by Crippen LogP contribution is -2.31. The number of fused-ring (bicyclic) bond motifs is 2. The topological polar surface area (TPSA) is 66.1 Å². The van der Waals surface area contributed by atoms with Crippen molar-refractivity contribution in [2.24, 2.45) is 0 Å². The quantitative estimate of drug-likeness (QED) is 0.500. The molecule has 31 heavy (non-hydrogen) atoms. The summed E-state index contributed by atoms with van der Waals surface area (Å²) >= 11 is 1.62. The van der Waals surface area contributed by atoms with Gasteiger partial charge in [0, 0.05) is 11.4 Å². The fourth-order valence-electron chi connectivity index (χ4n) is 4.15. The highest BCUT2D eigenvalue weighted by atomic mass is 32.1. The van der Waals surface area contributed by atoms with E-state index in [-0.39, 0.29) is 18.0 Å². The molecule has 0 bridgehead atoms. The van der Waals surface area contributed by atoms with Gasteiger partial charge in [-0.3, -0.25) is 9.59 Å². The average Bonchev–Trinajstić information content (AvgIpc) is 3.23. The van der Waals surface area contributed by atoms with E-state index in [2.05, 4.69) is 16.0 Å². The molecule has 6 heteroatoms. The molecule has 156 valence electrons. The molecule has 0 unspecified atom stereocenters. The number of amides is 1. The summed E-state index contributed by atoms with van der Waals surface area (Å²) < 4.78 is 0. The minimum absolute atomic E-state index is 0.0148. The summed E-state index contributed by atoms with van der Waals surface area (Å²) in [6, 6.07) is 19.3. The zero-order valence-electron chi connectivity index (χ0n) is 17.1. The maximum absolute atomic E-state index is 13.5. The summed E-state index contributed by atoms with van der Waals surface area (Å²) in [6.07, 6.45) is 4.49. The van der Waals surface area contributed by atoms with Gasteiger partial charge in [0.25, 0.3) is 11.5 Å². The van der Waals surface area contributed by atoms with Crippen LogP contribution in [0.15, 0.2) is 65.5 Å². The highest BCUT2D eigenvalue weighted by Gasteiger charge is 2.23. The summed E-state index contributed by atoms with van der Waals surface area (Å²) in [4.78, 5) is 37.4. The number of rotatable bonds is 5. The van der Waals surface area contributed by atoms with Crippen LogP contribution in [0, 0.1) is 0 Å². The number of hydrogen-bond acceptors (Lipinski definition) is 4. The summed E-state index contributed by atoms with van der Waals surface area (Å²) in [5, 5.41) is 0.554. The van der Waals surface area contributed by atoms with Gasteiger partial charge in [0.05, 0.1) is 22.3 Å². The lowest BCUT2D eigenvalue weighted by Gasteiger charge is -2.22. The van der Waals surface area contributed by atoms with Crippen molar-refractivity contribution in [3.05, 3.63) is 97.7 Å². The molecule has 2 heterocycles. The van der Waals surface area contributed by atoms with E-state index >= 15 is 0 Å². The van der Waals surface area contributed by atoms with Gasteiger partial charge in [-0.2, -0.15) is 0 Å². The summed E-state index contributed by atoms with van der Waals surface area (Å²) in [5.74, 6) is 0.480. The second-order valence-corrected chi connectivity index (χ2v) is 9.08. The molecule has 1 amide bonds. The van der Waals surface area contributed by atoms with Crippen LogP contribution < -0.4 is 5.56 Å². The van der Waals surface area contributed by atoms with Gasteiger partial charge in [-0.05, 0) is 55.0 Å². The van der Waals surface area contributed by atoms with E-state index in [0.29, 0.717) is 23.3 Å². The Labute approximate surface area is 184 Å². The zero-order chi connectivity index (χ0) is 21.2. The third-order valence-electron chi connectivity index (χ3n) is 5.71. The number of carbonyl (C=O) groups excluding carboxylic acids is 1. The van der Waals surface area contributed by atoms with Gasteiger partial charge < -0.3 is 9.88 Å². The molecule has 0 saturated carbocycles. The number of aromatic amines is 1. The predicted octanol–water partition coefficient (Wildman–Crippen LogP) is 4.71. The zero-order valence-corrected chi connectivity index (χ0v) is 18.0. The molecule has 5 rings (SSSR count). The standard InChI is InChI=1S/C25H23N3O2S/c29-24-19-11-5-6-12-20(19)26-23(27-24)16-28(15-17-8-2-1-3-9-17)25(30)22-14-18-10-4-7-13-21(18)31-22/h1-3,5-6,8-9,11-12,14H,4,7,10,13,15-16H2,(H,26,27,29). The second kappa shape index (κ2) is 8.47. The fraction of sp³-hybridized carbons (Fsp3) is 0.240. The molecule has 1 N–H and O–H groups in total. The molecule has 1 aliphatic carbocycles. The van der Waals surface area contributed by atoms with Crippen molar-refractivity contribution in [2.75, 3.05) is 0 Å². The van der Waals surface area contributed by atoms with Crippen molar-refractivity contribution in [1.82, 2.24) is 14.9 Å². The highest BCUT2D eigenvalue weighted by molar-refractivity contribution is 7.14. The van der Waals surface area contributed by atoms with Crippen molar-refractivity contribution < 1.29 is 4.79 Å². The van der Waals surface area contributed by atoms with E-state index in [9.17, 15) is 9.59 Å². The summed E-state index contributed by atoms with van der Waals surface area (Å²) in [7, 11) is 0. The van der Waals surface area contributed by atoms with Crippen LogP contribution in [0.2, 0.25) is 0 Å². The van der Waals surface area contributed by atoms with Crippen LogP contribution in [-0.4, -0.2) is 20.8 Å². The minimum Gasteiger partial charge on any atom is -0.326 e. The van der Waals surface area contributed by atoms with Gasteiger partial charge in [-0.1, -0.05) is 42.5 Å². The van der Waals surface area contributed by atoms with Gasteiger partial charge in [-0.25, -0.2) is 4.98 Å². The van der Waals surface area contributed by atoms with Crippen LogP contribution in [0.3, 0.4) is 0 Å². The highest BCUT2D eigenvalue weighted by Crippen LogP contribution is 2.31. The molecular weight excluding hydrogens is 406 g/mol. The number of aromatic nitrogens is 2. The molecule has 0 spiro atoms. The van der Waals surface area contributed by atoms with Gasteiger partial charge in [0.1, 0.15) is 5.82 Å². The number of carbonyl (C=O) groups is 1. The Balaban J connectivity index is 1.49. The van der Waals surface area contributed by atoms with E-state index in [0.717, 1.165) is 23.3 Å². The van der Waals surface area contributed by atoms with Crippen LogP contribution >= 0.6 is 11.3 Å². The molecule has 0 aliphatic heterocycles. The van der Waals surface area contributed by atoms with Gasteiger partial charge in [0.2, 0.25) is 0 Å². The van der Waals surface area contributed by atoms with Gasteiger partial charge in [0.15, 0.2) is 0 Å². The third kappa shape index (κ3) is 4.16. The summed E-state index contributed by atoms with van der Waals surface area (Å²) in [6.45, 7) is 0.704. The smallest absolute Gasteiger partial charge is 0.264 e. The van der Waals surface area contributed by atoms with Crippen LogP contribution in [0.1, 0.15) is 44.3 Å². The van der Waals surface area contributed by atoms with Crippen molar-refractivity contribution in [3.63, 3.8) is 0 Å². The molecule has 2 aromatic carbocycles. The van der Waals surface area contributed by atoms with E-state index in [1.165, 1.54) is 23.3 Å². The van der Waals surface area contributed by atoms with E-state index in [1.54, 1.807) is 22.3 Å². The van der Waals surface area contributed by atoms with Gasteiger partial charge >= 0.3 is 0 Å². The lowest BCUT2D eigenvalue weighted by atomic mass is 9.99. The number of aryl methyl sites for hydroxylation is 2. The molecule has 5 nitrogen and oxygen atoms in total. The minimum atomic E-state index is -0.181.